The van der Waals surface area contributed by atoms with E-state index in [1.807, 2.05) is 4.93 Å². The van der Waals surface area contributed by atoms with E-state index in [1.54, 1.807) is 0 Å². The molecule has 3 heteroatoms. The van der Waals surface area contributed by atoms with E-state index in [1.165, 1.54) is 0 Å². The van der Waals surface area contributed by atoms with Crippen LogP contribution in [0.5, 0.6) is 0 Å². The first-order chi connectivity index (χ1) is 2.00. The van der Waals surface area contributed by atoms with Gasteiger partial charge in [-0.2, -0.15) is 0 Å². The van der Waals surface area contributed by atoms with Crippen molar-refractivity contribution in [3.63, 3.8) is 0 Å². The smallest absolute Gasteiger partial charge is 0.0121 e. The van der Waals surface area contributed by atoms with E-state index < -0.39 is 0 Å². The predicted octanol–water partition coefficient (Wildman–Crippen LogP) is 1.07. The lowest BCUT2D eigenvalue weighted by Gasteiger charge is -1.25. The highest BCUT2D eigenvalue weighted by Gasteiger charge is 0.950. The monoisotopic (exact) mass is 176 g/mol. The van der Waals surface area contributed by atoms with E-state index >= 15 is 0 Å². The third-order valence-corrected chi connectivity index (χ3v) is 0. The Morgan fingerprint density at radius 1 is 1.25 bits per heavy atom. The summed E-state index contributed by atoms with van der Waals surface area (Å²) < 4.78 is 0. The molecule has 0 amide bonds. The summed E-state index contributed by atoms with van der Waals surface area (Å²) in [4.78, 5) is 1.97. The van der Waals surface area contributed by atoms with Crippen LogP contribution in [0.25, 0.3) is 0 Å². The summed E-state index contributed by atoms with van der Waals surface area (Å²) in [7, 11) is 0. The van der Waals surface area contributed by atoms with E-state index in [2.05, 4.69) is 22.6 Å². The third kappa shape index (κ3) is 17.1. The molecule has 4 heavy (non-hydrogen) atoms. The van der Waals surface area contributed by atoms with Crippen LogP contribution in [0.3, 0.4) is 0 Å². The van der Waals surface area contributed by atoms with Gasteiger partial charge in [-0.1, -0.05) is 22.6 Å². The average molecular weight is 176 g/mol. The van der Waals surface area contributed by atoms with Gasteiger partial charge in [-0.05, 0) is 4.93 Å². The van der Waals surface area contributed by atoms with Crippen molar-refractivity contribution < 1.29 is 10.5 Å². The van der Waals surface area contributed by atoms with Crippen LogP contribution in [0.15, 0.2) is 0 Å². The zero-order valence-corrected chi connectivity index (χ0v) is 4.43. The van der Waals surface area contributed by atoms with Crippen molar-refractivity contribution in [2.75, 3.05) is 4.93 Å². The van der Waals surface area contributed by atoms with Crippen LogP contribution in [-0.2, 0) is 0 Å². The van der Waals surface area contributed by atoms with Gasteiger partial charge in [0, 0.05) is 0 Å². The van der Waals surface area contributed by atoms with Gasteiger partial charge in [-0.3, -0.25) is 10.5 Å². The molecule has 0 saturated carbocycles. The average Bonchev–Trinajstić information content (AvgIpc) is 1.50. The van der Waals surface area contributed by atoms with E-state index in [-0.39, 0.29) is 0 Å². The molecule has 28 valence electrons. The molecule has 0 bridgehead atoms. The SMILES string of the molecule is CI.OO. The van der Waals surface area contributed by atoms with Gasteiger partial charge in [0.15, 0.2) is 0 Å². The molecule has 0 saturated heterocycles. The van der Waals surface area contributed by atoms with Crippen LogP contribution in [0.4, 0.5) is 0 Å². The Morgan fingerprint density at radius 2 is 1.25 bits per heavy atom. The second-order valence-corrected chi connectivity index (χ2v) is 0. The van der Waals surface area contributed by atoms with Crippen molar-refractivity contribution in [1.82, 2.24) is 0 Å². The Balaban J connectivity index is 0. The topological polar surface area (TPSA) is 40.5 Å². The number of rotatable bonds is 0. The van der Waals surface area contributed by atoms with E-state index in [0.29, 0.717) is 0 Å². The van der Waals surface area contributed by atoms with Gasteiger partial charge in [0.2, 0.25) is 0 Å². The Labute approximate surface area is 38.5 Å². The fraction of sp³-hybridized carbons (Fsp3) is 1.00. The molecule has 0 aromatic heterocycles. The lowest BCUT2D eigenvalue weighted by Crippen LogP contribution is -1.29. The van der Waals surface area contributed by atoms with Crippen LogP contribution >= 0.6 is 22.6 Å². The van der Waals surface area contributed by atoms with E-state index in [4.69, 9.17) is 10.5 Å². The molecule has 0 unspecified atom stereocenters. The first-order valence-corrected chi connectivity index (χ1v) is 2.74. The van der Waals surface area contributed by atoms with Crippen molar-refractivity contribution in [2.45, 2.75) is 0 Å². The highest BCUT2D eigenvalue weighted by molar-refractivity contribution is 14.1. The maximum atomic E-state index is 6.00. The summed E-state index contributed by atoms with van der Waals surface area (Å²) in [5.74, 6) is 0. The quantitative estimate of drug-likeness (QED) is 0.251. The molecule has 0 heterocycles. The zero-order valence-electron chi connectivity index (χ0n) is 2.27. The molecule has 0 atom stereocenters. The van der Waals surface area contributed by atoms with Crippen LogP contribution < -0.4 is 0 Å². The molecular formula is CH5IO2. The maximum absolute atomic E-state index is 6.00. The second-order valence-electron chi connectivity index (χ2n) is 0. The van der Waals surface area contributed by atoms with Gasteiger partial charge in [0.1, 0.15) is 0 Å². The highest BCUT2D eigenvalue weighted by atomic mass is 127. The third-order valence-electron chi connectivity index (χ3n) is 0. The molecule has 2 nitrogen and oxygen atoms in total. The Hall–Kier alpha value is 0.650. The van der Waals surface area contributed by atoms with Crippen LogP contribution in [0.2, 0.25) is 0 Å². The summed E-state index contributed by atoms with van der Waals surface area (Å²) in [5.41, 5.74) is 0. The Bertz CT molecular complexity index is 6.00. The molecule has 0 aliphatic rings. The van der Waals surface area contributed by atoms with Gasteiger partial charge >= 0.3 is 0 Å². The molecule has 2 N–H and O–H groups in total. The van der Waals surface area contributed by atoms with Crippen LogP contribution in [-0.4, -0.2) is 15.4 Å². The summed E-state index contributed by atoms with van der Waals surface area (Å²) in [6.45, 7) is 0. The lowest BCUT2D eigenvalue weighted by atomic mass is 12.0. The molecule has 0 radical (unpaired) electrons. The van der Waals surface area contributed by atoms with E-state index in [9.17, 15) is 0 Å². The standard InChI is InChI=1S/CH3I.H2O2/c2*1-2/h1H3;1-2H. The maximum Gasteiger partial charge on any atom is -0.0121 e. The molecule has 0 aliphatic carbocycles. The normalized spacial score (nSPS) is 3.00. The highest BCUT2D eigenvalue weighted by Crippen LogP contribution is 1.48. The van der Waals surface area contributed by atoms with Crippen molar-refractivity contribution in [3.05, 3.63) is 0 Å². The number of hydrogen-bond acceptors (Lipinski definition) is 2. The van der Waals surface area contributed by atoms with Crippen molar-refractivity contribution in [2.24, 2.45) is 0 Å². The Morgan fingerprint density at radius 3 is 1.25 bits per heavy atom. The molecule has 0 aromatic carbocycles. The van der Waals surface area contributed by atoms with Crippen LogP contribution in [0, 0.1) is 0 Å². The Kier molecular flexibility index (Phi) is 134. The van der Waals surface area contributed by atoms with Crippen molar-refractivity contribution >= 4 is 22.6 Å². The van der Waals surface area contributed by atoms with Gasteiger partial charge in [-0.15, -0.1) is 0 Å². The molecule has 0 rings (SSSR count). The van der Waals surface area contributed by atoms with Crippen molar-refractivity contribution in [1.29, 1.82) is 0 Å². The van der Waals surface area contributed by atoms with Crippen molar-refractivity contribution in [3.8, 4) is 0 Å². The minimum absolute atomic E-state index is 1.97. The minimum atomic E-state index is 1.97. The molecule has 0 fully saturated rings. The van der Waals surface area contributed by atoms with Gasteiger partial charge in [0.25, 0.3) is 0 Å². The van der Waals surface area contributed by atoms with E-state index in [0.717, 1.165) is 0 Å². The minimum Gasteiger partial charge on any atom is -0.255 e. The van der Waals surface area contributed by atoms with Crippen LogP contribution in [0.1, 0.15) is 0 Å². The zero-order chi connectivity index (χ0) is 4.00. The largest absolute Gasteiger partial charge is 0.255 e. The molecule has 0 spiro atoms. The molecular weight excluding hydrogens is 171 g/mol. The van der Waals surface area contributed by atoms with Gasteiger partial charge < -0.3 is 0 Å². The number of alkyl halides is 1. The predicted molar refractivity (Wildman–Crippen MR) is 25.2 cm³/mol. The second kappa shape index (κ2) is 60.7. The fourth-order valence-electron chi connectivity index (χ4n) is 0. The first-order valence-electron chi connectivity index (χ1n) is 0.578. The summed E-state index contributed by atoms with van der Waals surface area (Å²) >= 11 is 2.15. The fourth-order valence-corrected chi connectivity index (χ4v) is 0. The number of hydrogen-bond donors (Lipinski definition) is 2. The van der Waals surface area contributed by atoms with Gasteiger partial charge in [0.05, 0.1) is 0 Å². The summed E-state index contributed by atoms with van der Waals surface area (Å²) in [6, 6.07) is 0. The summed E-state index contributed by atoms with van der Waals surface area (Å²) in [5, 5.41) is 12.0. The summed E-state index contributed by atoms with van der Waals surface area (Å²) in [6.07, 6.45) is 0. The van der Waals surface area contributed by atoms with Gasteiger partial charge in [-0.25, -0.2) is 0 Å². The first kappa shape index (κ1) is 8.82. The molecule has 0 aliphatic heterocycles. The number of halogens is 1. The lowest BCUT2D eigenvalue weighted by molar-refractivity contribution is -0.176. The molecule has 0 aromatic rings.